The Bertz CT molecular complexity index is 1120. The van der Waals surface area contributed by atoms with Crippen LogP contribution in [0.2, 0.25) is 5.02 Å². The molecule has 0 fully saturated rings. The molecule has 2 N–H and O–H groups in total. The van der Waals surface area contributed by atoms with Gasteiger partial charge in [0.2, 0.25) is 5.91 Å². The van der Waals surface area contributed by atoms with Gasteiger partial charge in [-0.25, -0.2) is 4.79 Å². The van der Waals surface area contributed by atoms with Crippen molar-refractivity contribution in [3.05, 3.63) is 64.2 Å². The third-order valence-electron chi connectivity index (χ3n) is 6.40. The molecule has 0 aliphatic carbocycles. The Balaban J connectivity index is 2.61. The number of hydrogen-bond donors (Lipinski definition) is 2. The standard InChI is InChI=1S/C30H42ClN3O4/c1-10-21(6)34(28(36)24(18(2)3)33-29(37)38-30(7,8)9)26(22-16-12-11-14-19(22)4)27(35)32-25-20(5)15-13-17-23(25)31/h11-18,21,24,26H,10H2,1-9H3,(H,32,35)(H,33,37). The lowest BCUT2D eigenvalue weighted by molar-refractivity contribution is -0.144. The van der Waals surface area contributed by atoms with E-state index in [1.165, 1.54) is 0 Å². The molecule has 0 spiro atoms. The summed E-state index contributed by atoms with van der Waals surface area (Å²) in [6, 6.07) is 10.7. The Morgan fingerprint density at radius 3 is 2.11 bits per heavy atom. The average molecular weight is 544 g/mol. The van der Waals surface area contributed by atoms with Gasteiger partial charge in [-0.15, -0.1) is 0 Å². The number of rotatable bonds is 9. The number of aryl methyl sites for hydroxylation is 2. The highest BCUT2D eigenvalue weighted by Gasteiger charge is 2.40. The molecule has 7 nitrogen and oxygen atoms in total. The Labute approximate surface area is 232 Å². The molecule has 2 aromatic carbocycles. The van der Waals surface area contributed by atoms with Gasteiger partial charge in [0.15, 0.2) is 0 Å². The van der Waals surface area contributed by atoms with Crippen LogP contribution >= 0.6 is 11.6 Å². The molecule has 2 rings (SSSR count). The summed E-state index contributed by atoms with van der Waals surface area (Å²) in [5.41, 5.74) is 2.15. The fourth-order valence-corrected chi connectivity index (χ4v) is 4.47. The molecule has 38 heavy (non-hydrogen) atoms. The van der Waals surface area contributed by atoms with Crippen LogP contribution < -0.4 is 10.6 Å². The molecule has 3 unspecified atom stereocenters. The highest BCUT2D eigenvalue weighted by molar-refractivity contribution is 6.34. The Morgan fingerprint density at radius 1 is 0.974 bits per heavy atom. The molecule has 0 aliphatic rings. The summed E-state index contributed by atoms with van der Waals surface area (Å²) in [6.07, 6.45) is -0.0821. The van der Waals surface area contributed by atoms with Crippen molar-refractivity contribution in [3.63, 3.8) is 0 Å². The summed E-state index contributed by atoms with van der Waals surface area (Å²) in [7, 11) is 0. The van der Waals surface area contributed by atoms with E-state index in [-0.39, 0.29) is 23.8 Å². The van der Waals surface area contributed by atoms with E-state index in [4.69, 9.17) is 16.3 Å². The Hall–Kier alpha value is -3.06. The summed E-state index contributed by atoms with van der Waals surface area (Å²) in [5, 5.41) is 6.15. The largest absolute Gasteiger partial charge is 0.444 e. The van der Waals surface area contributed by atoms with Gasteiger partial charge in [0.25, 0.3) is 5.91 Å². The highest BCUT2D eigenvalue weighted by Crippen LogP contribution is 2.32. The first-order chi connectivity index (χ1) is 17.7. The number of ether oxygens (including phenoxy) is 1. The van der Waals surface area contributed by atoms with Gasteiger partial charge in [0.1, 0.15) is 17.7 Å². The molecule has 0 bridgehead atoms. The van der Waals surface area contributed by atoms with Gasteiger partial charge < -0.3 is 20.3 Å². The van der Waals surface area contributed by atoms with Crippen molar-refractivity contribution in [3.8, 4) is 0 Å². The molecule has 8 heteroatoms. The molecule has 0 aromatic heterocycles. The van der Waals surface area contributed by atoms with Crippen LogP contribution in [0, 0.1) is 19.8 Å². The van der Waals surface area contributed by atoms with Crippen LogP contribution in [0.25, 0.3) is 0 Å². The van der Waals surface area contributed by atoms with Gasteiger partial charge >= 0.3 is 6.09 Å². The van der Waals surface area contributed by atoms with Gasteiger partial charge in [-0.2, -0.15) is 0 Å². The molecule has 0 heterocycles. The average Bonchev–Trinajstić information content (AvgIpc) is 2.81. The van der Waals surface area contributed by atoms with Crippen LogP contribution in [0.5, 0.6) is 0 Å². The number of nitrogens with zero attached hydrogens (tertiary/aromatic N) is 1. The predicted molar refractivity (Wildman–Crippen MR) is 153 cm³/mol. The molecule has 208 valence electrons. The van der Waals surface area contributed by atoms with Crippen LogP contribution in [0.15, 0.2) is 42.5 Å². The number of hydrogen-bond acceptors (Lipinski definition) is 4. The second kappa shape index (κ2) is 13.1. The number of anilines is 1. The van der Waals surface area contributed by atoms with Crippen molar-refractivity contribution < 1.29 is 19.1 Å². The second-order valence-electron chi connectivity index (χ2n) is 11.1. The third-order valence-corrected chi connectivity index (χ3v) is 6.72. The van der Waals surface area contributed by atoms with Crippen LogP contribution in [-0.4, -0.2) is 40.5 Å². The summed E-state index contributed by atoms with van der Waals surface area (Å²) in [6.45, 7) is 16.6. The zero-order valence-electron chi connectivity index (χ0n) is 24.0. The maximum Gasteiger partial charge on any atom is 0.408 e. The summed E-state index contributed by atoms with van der Waals surface area (Å²) < 4.78 is 5.44. The first kappa shape index (κ1) is 31.2. The molecule has 0 radical (unpaired) electrons. The lowest BCUT2D eigenvalue weighted by Crippen LogP contribution is -2.56. The minimum atomic E-state index is -0.962. The molecular formula is C30H42ClN3O4. The van der Waals surface area contributed by atoms with E-state index in [9.17, 15) is 14.4 Å². The van der Waals surface area contributed by atoms with Crippen molar-refractivity contribution in [1.29, 1.82) is 0 Å². The van der Waals surface area contributed by atoms with Crippen molar-refractivity contribution >= 4 is 35.2 Å². The second-order valence-corrected chi connectivity index (χ2v) is 11.5. The maximum atomic E-state index is 14.3. The van der Waals surface area contributed by atoms with Crippen molar-refractivity contribution in [2.45, 2.75) is 92.5 Å². The fourth-order valence-electron chi connectivity index (χ4n) is 4.20. The number of halogens is 1. The Kier molecular flexibility index (Phi) is 10.8. The van der Waals surface area contributed by atoms with E-state index in [1.807, 2.05) is 77.9 Å². The SMILES string of the molecule is CCC(C)N(C(=O)C(NC(=O)OC(C)(C)C)C(C)C)C(C(=O)Nc1c(C)cccc1Cl)c1ccccc1C. The van der Waals surface area contributed by atoms with Gasteiger partial charge in [-0.05, 0) is 76.6 Å². The maximum absolute atomic E-state index is 14.3. The minimum absolute atomic E-state index is 0.257. The first-order valence-electron chi connectivity index (χ1n) is 13.1. The number of carbonyl (C=O) groups is 3. The van der Waals surface area contributed by atoms with Gasteiger partial charge in [0.05, 0.1) is 10.7 Å². The van der Waals surface area contributed by atoms with E-state index in [1.54, 1.807) is 31.7 Å². The number of carbonyl (C=O) groups excluding carboxylic acids is 3. The predicted octanol–water partition coefficient (Wildman–Crippen LogP) is 6.81. The van der Waals surface area contributed by atoms with Crippen molar-refractivity contribution in [2.24, 2.45) is 5.92 Å². The molecule has 3 atom stereocenters. The zero-order valence-corrected chi connectivity index (χ0v) is 24.8. The monoisotopic (exact) mass is 543 g/mol. The van der Waals surface area contributed by atoms with Gasteiger partial charge in [-0.1, -0.05) is 68.8 Å². The molecule has 0 saturated carbocycles. The summed E-state index contributed by atoms with van der Waals surface area (Å²) >= 11 is 6.43. The number of para-hydroxylation sites is 1. The van der Waals surface area contributed by atoms with E-state index in [0.717, 1.165) is 11.1 Å². The zero-order chi connectivity index (χ0) is 28.8. The Morgan fingerprint density at radius 2 is 1.58 bits per heavy atom. The molecule has 0 aliphatic heterocycles. The van der Waals surface area contributed by atoms with Crippen molar-refractivity contribution in [1.82, 2.24) is 10.2 Å². The fraction of sp³-hybridized carbons (Fsp3) is 0.500. The highest BCUT2D eigenvalue weighted by atomic mass is 35.5. The van der Waals surface area contributed by atoms with E-state index >= 15 is 0 Å². The lowest BCUT2D eigenvalue weighted by atomic mass is 9.94. The van der Waals surface area contributed by atoms with Crippen LogP contribution in [0.3, 0.4) is 0 Å². The lowest BCUT2D eigenvalue weighted by Gasteiger charge is -2.39. The number of amides is 3. The first-order valence-corrected chi connectivity index (χ1v) is 13.5. The third kappa shape index (κ3) is 7.97. The molecule has 2 aromatic rings. The minimum Gasteiger partial charge on any atom is -0.444 e. The molecule has 3 amide bonds. The summed E-state index contributed by atoms with van der Waals surface area (Å²) in [5.74, 6) is -1.00. The van der Waals surface area contributed by atoms with Crippen molar-refractivity contribution in [2.75, 3.05) is 5.32 Å². The number of nitrogens with one attached hydrogen (secondary N) is 2. The topological polar surface area (TPSA) is 87.7 Å². The van der Waals surface area contributed by atoms with E-state index in [0.29, 0.717) is 22.7 Å². The van der Waals surface area contributed by atoms with Gasteiger partial charge in [-0.3, -0.25) is 9.59 Å². The number of alkyl carbamates (subject to hydrolysis) is 1. The van der Waals surface area contributed by atoms with E-state index < -0.39 is 23.8 Å². The quantitative estimate of drug-likeness (QED) is 0.363. The normalized spacial score (nSPS) is 13.9. The van der Waals surface area contributed by atoms with Crippen LogP contribution in [0.4, 0.5) is 10.5 Å². The smallest absolute Gasteiger partial charge is 0.408 e. The van der Waals surface area contributed by atoms with Gasteiger partial charge in [0, 0.05) is 6.04 Å². The van der Waals surface area contributed by atoms with E-state index in [2.05, 4.69) is 10.6 Å². The van der Waals surface area contributed by atoms with Crippen LogP contribution in [0.1, 0.15) is 77.6 Å². The molecule has 0 saturated heterocycles. The molecular weight excluding hydrogens is 502 g/mol. The summed E-state index contributed by atoms with van der Waals surface area (Å²) in [4.78, 5) is 42.6. The van der Waals surface area contributed by atoms with Crippen LogP contribution in [-0.2, 0) is 14.3 Å². The number of benzene rings is 2.